The van der Waals surface area contributed by atoms with Crippen LogP contribution >= 0.6 is 11.6 Å². The minimum atomic E-state index is 0.115. The van der Waals surface area contributed by atoms with Crippen LogP contribution < -0.4 is 0 Å². The first kappa shape index (κ1) is 11.8. The third-order valence-corrected chi connectivity index (χ3v) is 2.80. The molecular weight excluding hydrogens is 202 g/mol. The molecular formula is C10H18ClNO2. The van der Waals surface area contributed by atoms with Crippen molar-refractivity contribution in [3.05, 3.63) is 0 Å². The summed E-state index contributed by atoms with van der Waals surface area (Å²) in [5.74, 6) is 1.40. The van der Waals surface area contributed by atoms with E-state index >= 15 is 0 Å². The molecule has 1 unspecified atom stereocenters. The molecule has 0 saturated carbocycles. The van der Waals surface area contributed by atoms with Gasteiger partial charge in [0.1, 0.15) is 6.61 Å². The highest BCUT2D eigenvalue weighted by molar-refractivity contribution is 6.17. The Labute approximate surface area is 90.4 Å². The van der Waals surface area contributed by atoms with Crippen LogP contribution in [-0.2, 0) is 9.53 Å². The second-order valence-electron chi connectivity index (χ2n) is 3.61. The Balaban J connectivity index is 2.23. The molecule has 0 aliphatic carbocycles. The molecule has 0 spiro atoms. The van der Waals surface area contributed by atoms with Crippen LogP contribution in [0, 0.1) is 5.92 Å². The quantitative estimate of drug-likeness (QED) is 0.656. The molecule has 4 heteroatoms. The summed E-state index contributed by atoms with van der Waals surface area (Å²) in [7, 11) is 0. The molecule has 14 heavy (non-hydrogen) atoms. The molecule has 1 atom stereocenters. The number of ether oxygens (including phenoxy) is 1. The summed E-state index contributed by atoms with van der Waals surface area (Å²) in [4.78, 5) is 13.4. The molecule has 3 nitrogen and oxygen atoms in total. The Hall–Kier alpha value is -0.280. The molecule has 82 valence electrons. The van der Waals surface area contributed by atoms with E-state index in [0.29, 0.717) is 18.4 Å². The molecule has 1 saturated heterocycles. The van der Waals surface area contributed by atoms with Crippen molar-refractivity contribution in [2.24, 2.45) is 5.92 Å². The van der Waals surface area contributed by atoms with E-state index in [1.165, 1.54) is 0 Å². The number of likely N-dealkylation sites (tertiary alicyclic amines) is 1. The van der Waals surface area contributed by atoms with Gasteiger partial charge in [0.15, 0.2) is 0 Å². The van der Waals surface area contributed by atoms with Gasteiger partial charge in [0.25, 0.3) is 0 Å². The Kier molecular flexibility index (Phi) is 5.26. The van der Waals surface area contributed by atoms with Crippen LogP contribution in [0.2, 0.25) is 0 Å². The average Bonchev–Trinajstić information content (AvgIpc) is 2.63. The molecule has 0 radical (unpaired) electrons. The molecule has 1 rings (SSSR count). The Morgan fingerprint density at radius 2 is 2.43 bits per heavy atom. The van der Waals surface area contributed by atoms with Gasteiger partial charge in [-0.05, 0) is 25.7 Å². The van der Waals surface area contributed by atoms with Crippen LogP contribution in [0.15, 0.2) is 0 Å². The lowest BCUT2D eigenvalue weighted by atomic mass is 10.1. The molecule has 0 aromatic carbocycles. The van der Waals surface area contributed by atoms with Crippen LogP contribution in [-0.4, -0.2) is 43.0 Å². The number of halogens is 1. The SMILES string of the molecule is CCOCC(=O)N1CCC(CCCl)C1. The normalized spacial score (nSPS) is 21.6. The van der Waals surface area contributed by atoms with Crippen LogP contribution in [0.25, 0.3) is 0 Å². The lowest BCUT2D eigenvalue weighted by molar-refractivity contribution is -0.135. The number of nitrogens with zero attached hydrogens (tertiary/aromatic N) is 1. The summed E-state index contributed by atoms with van der Waals surface area (Å²) in [6, 6.07) is 0. The molecule has 1 aliphatic heterocycles. The molecule has 0 aromatic heterocycles. The van der Waals surface area contributed by atoms with E-state index < -0.39 is 0 Å². The Morgan fingerprint density at radius 1 is 1.64 bits per heavy atom. The van der Waals surface area contributed by atoms with Gasteiger partial charge >= 0.3 is 0 Å². The van der Waals surface area contributed by atoms with Gasteiger partial charge < -0.3 is 9.64 Å². The lowest BCUT2D eigenvalue weighted by Crippen LogP contribution is -2.32. The van der Waals surface area contributed by atoms with Crippen molar-refractivity contribution in [3.63, 3.8) is 0 Å². The molecule has 0 aromatic rings. The van der Waals surface area contributed by atoms with E-state index in [9.17, 15) is 4.79 Å². The summed E-state index contributed by atoms with van der Waals surface area (Å²) < 4.78 is 5.09. The van der Waals surface area contributed by atoms with Crippen LogP contribution in [0.5, 0.6) is 0 Å². The smallest absolute Gasteiger partial charge is 0.248 e. The molecule has 0 N–H and O–H groups in total. The predicted molar refractivity (Wildman–Crippen MR) is 56.5 cm³/mol. The summed E-state index contributed by atoms with van der Waals surface area (Å²) in [5, 5.41) is 0. The molecule has 1 aliphatic rings. The van der Waals surface area contributed by atoms with Gasteiger partial charge in [-0.3, -0.25) is 4.79 Å². The molecule has 0 bridgehead atoms. The fourth-order valence-electron chi connectivity index (χ4n) is 1.73. The first-order chi connectivity index (χ1) is 6.77. The van der Waals surface area contributed by atoms with E-state index in [2.05, 4.69) is 0 Å². The Morgan fingerprint density at radius 3 is 3.07 bits per heavy atom. The number of amides is 1. The number of rotatable bonds is 5. The zero-order valence-corrected chi connectivity index (χ0v) is 9.42. The van der Waals surface area contributed by atoms with E-state index in [-0.39, 0.29) is 12.5 Å². The standard InChI is InChI=1S/C10H18ClNO2/c1-2-14-8-10(13)12-6-4-9(7-12)3-5-11/h9H,2-8H2,1H3. The van der Waals surface area contributed by atoms with E-state index in [4.69, 9.17) is 16.3 Å². The van der Waals surface area contributed by atoms with Crippen molar-refractivity contribution in [1.82, 2.24) is 4.90 Å². The van der Waals surface area contributed by atoms with Gasteiger partial charge in [0, 0.05) is 25.6 Å². The van der Waals surface area contributed by atoms with E-state index in [1.807, 2.05) is 11.8 Å². The van der Waals surface area contributed by atoms with Crippen LogP contribution in [0.1, 0.15) is 19.8 Å². The van der Waals surface area contributed by atoms with Crippen LogP contribution in [0.3, 0.4) is 0 Å². The Bertz CT molecular complexity index is 187. The minimum Gasteiger partial charge on any atom is -0.372 e. The van der Waals surface area contributed by atoms with Gasteiger partial charge in [-0.15, -0.1) is 11.6 Å². The summed E-state index contributed by atoms with van der Waals surface area (Å²) >= 11 is 5.66. The van der Waals surface area contributed by atoms with Crippen molar-refractivity contribution in [3.8, 4) is 0 Å². The number of hydrogen-bond acceptors (Lipinski definition) is 2. The molecule has 1 amide bonds. The molecule has 1 fully saturated rings. The van der Waals surface area contributed by atoms with Crippen LogP contribution in [0.4, 0.5) is 0 Å². The fourth-order valence-corrected chi connectivity index (χ4v) is 2.04. The van der Waals surface area contributed by atoms with Crippen molar-refractivity contribution in [2.45, 2.75) is 19.8 Å². The maximum Gasteiger partial charge on any atom is 0.248 e. The fraction of sp³-hybridized carbons (Fsp3) is 0.900. The van der Waals surface area contributed by atoms with Crippen molar-refractivity contribution in [2.75, 3.05) is 32.2 Å². The summed E-state index contributed by atoms with van der Waals surface area (Å²) in [6.45, 7) is 4.45. The first-order valence-electron chi connectivity index (χ1n) is 5.19. The zero-order valence-electron chi connectivity index (χ0n) is 8.67. The summed E-state index contributed by atoms with van der Waals surface area (Å²) in [6.07, 6.45) is 2.10. The largest absolute Gasteiger partial charge is 0.372 e. The second-order valence-corrected chi connectivity index (χ2v) is 3.99. The van der Waals surface area contributed by atoms with Crippen molar-refractivity contribution in [1.29, 1.82) is 0 Å². The number of carbonyl (C=O) groups is 1. The highest BCUT2D eigenvalue weighted by Gasteiger charge is 2.25. The highest BCUT2D eigenvalue weighted by Crippen LogP contribution is 2.19. The minimum absolute atomic E-state index is 0.115. The van der Waals surface area contributed by atoms with E-state index in [1.54, 1.807) is 0 Å². The van der Waals surface area contributed by atoms with Gasteiger partial charge in [-0.1, -0.05) is 0 Å². The van der Waals surface area contributed by atoms with Crippen molar-refractivity contribution < 1.29 is 9.53 Å². The maximum absolute atomic E-state index is 11.5. The van der Waals surface area contributed by atoms with Gasteiger partial charge in [-0.2, -0.15) is 0 Å². The molecule has 1 heterocycles. The second kappa shape index (κ2) is 6.25. The van der Waals surface area contributed by atoms with Gasteiger partial charge in [0.05, 0.1) is 0 Å². The third kappa shape index (κ3) is 3.46. The van der Waals surface area contributed by atoms with Crippen molar-refractivity contribution >= 4 is 17.5 Å². The number of hydrogen-bond donors (Lipinski definition) is 0. The maximum atomic E-state index is 11.5. The monoisotopic (exact) mass is 219 g/mol. The van der Waals surface area contributed by atoms with Gasteiger partial charge in [-0.25, -0.2) is 0 Å². The average molecular weight is 220 g/mol. The predicted octanol–water partition coefficient (Wildman–Crippen LogP) is 1.50. The lowest BCUT2D eigenvalue weighted by Gasteiger charge is -2.15. The first-order valence-corrected chi connectivity index (χ1v) is 5.72. The number of carbonyl (C=O) groups excluding carboxylic acids is 1. The topological polar surface area (TPSA) is 29.5 Å². The van der Waals surface area contributed by atoms with Gasteiger partial charge in [0.2, 0.25) is 5.91 Å². The summed E-state index contributed by atoms with van der Waals surface area (Å²) in [5.41, 5.74) is 0. The third-order valence-electron chi connectivity index (χ3n) is 2.59. The highest BCUT2D eigenvalue weighted by atomic mass is 35.5. The van der Waals surface area contributed by atoms with E-state index in [0.717, 1.165) is 25.9 Å². The zero-order chi connectivity index (χ0) is 10.4. The number of alkyl halides is 1.